The molecule has 0 bridgehead atoms. The number of aromatic nitrogens is 1. The summed E-state index contributed by atoms with van der Waals surface area (Å²) in [6.45, 7) is 2.91. The van der Waals surface area contributed by atoms with Gasteiger partial charge in [0.2, 0.25) is 0 Å². The fraction of sp³-hybridized carbons (Fsp3) is 0.450. The number of para-hydroxylation sites is 1. The minimum Gasteiger partial charge on any atom is -0.496 e. The second kappa shape index (κ2) is 8.15. The third-order valence-corrected chi connectivity index (χ3v) is 5.02. The predicted molar refractivity (Wildman–Crippen MR) is 96.4 cm³/mol. The Labute approximate surface area is 143 Å². The minimum absolute atomic E-state index is 0.0378. The number of likely N-dealkylation sites (tertiary alicyclic amines) is 1. The van der Waals surface area contributed by atoms with Gasteiger partial charge in [-0.25, -0.2) is 0 Å². The highest BCUT2D eigenvalue weighted by molar-refractivity contribution is 5.33. The van der Waals surface area contributed by atoms with Crippen LogP contribution in [0.2, 0.25) is 0 Å². The van der Waals surface area contributed by atoms with Crippen LogP contribution in [0.1, 0.15) is 30.4 Å². The lowest BCUT2D eigenvalue weighted by atomic mass is 9.90. The maximum atomic E-state index is 11.8. The molecule has 1 aliphatic rings. The molecule has 0 saturated carbocycles. The molecule has 1 saturated heterocycles. The Kier molecular flexibility index (Phi) is 5.70. The summed E-state index contributed by atoms with van der Waals surface area (Å²) in [6, 6.07) is 12.1. The molecule has 24 heavy (non-hydrogen) atoms. The molecule has 0 aliphatic carbocycles. The standard InChI is InChI=1S/C20H26N2O2/c1-24-19-7-3-2-5-17(19)9-8-16-10-13-22(14-11-16)15-18-6-4-12-21-20(18)23/h2-7,12,16H,8-11,13-15H2,1H3,(H,21,23). The molecular formula is C20H26N2O2. The molecule has 4 nitrogen and oxygen atoms in total. The second-order valence-corrected chi connectivity index (χ2v) is 6.59. The van der Waals surface area contributed by atoms with Crippen LogP contribution in [0.3, 0.4) is 0 Å². The van der Waals surface area contributed by atoms with Gasteiger partial charge in [-0.05, 0) is 62.4 Å². The van der Waals surface area contributed by atoms with E-state index in [0.717, 1.165) is 43.3 Å². The normalized spacial score (nSPS) is 16.2. The molecule has 1 aromatic heterocycles. The van der Waals surface area contributed by atoms with Gasteiger partial charge in [0.15, 0.2) is 0 Å². The number of piperidine rings is 1. The fourth-order valence-electron chi connectivity index (χ4n) is 3.52. The maximum absolute atomic E-state index is 11.8. The van der Waals surface area contributed by atoms with Crippen LogP contribution in [0.4, 0.5) is 0 Å². The number of hydrogen-bond donors (Lipinski definition) is 1. The number of nitrogens with one attached hydrogen (secondary N) is 1. The smallest absolute Gasteiger partial charge is 0.252 e. The first-order valence-corrected chi connectivity index (χ1v) is 8.77. The molecule has 1 fully saturated rings. The van der Waals surface area contributed by atoms with E-state index < -0.39 is 0 Å². The zero-order valence-electron chi connectivity index (χ0n) is 14.3. The highest BCUT2D eigenvalue weighted by atomic mass is 16.5. The number of ether oxygens (including phenoxy) is 1. The Morgan fingerprint density at radius 3 is 2.62 bits per heavy atom. The summed E-state index contributed by atoms with van der Waals surface area (Å²) >= 11 is 0. The molecule has 3 rings (SSSR count). The molecule has 0 spiro atoms. The van der Waals surface area contributed by atoms with Gasteiger partial charge >= 0.3 is 0 Å². The summed E-state index contributed by atoms with van der Waals surface area (Å²) in [7, 11) is 1.74. The number of aromatic amines is 1. The number of hydrogen-bond acceptors (Lipinski definition) is 3. The molecule has 0 atom stereocenters. The molecule has 1 aliphatic heterocycles. The number of pyridine rings is 1. The van der Waals surface area contributed by atoms with Crippen LogP contribution in [0.15, 0.2) is 47.4 Å². The van der Waals surface area contributed by atoms with E-state index in [0.29, 0.717) is 0 Å². The van der Waals surface area contributed by atoms with Gasteiger partial charge < -0.3 is 9.72 Å². The summed E-state index contributed by atoms with van der Waals surface area (Å²) in [4.78, 5) is 16.9. The number of H-pyrrole nitrogens is 1. The molecule has 0 radical (unpaired) electrons. The highest BCUT2D eigenvalue weighted by Gasteiger charge is 2.20. The summed E-state index contributed by atoms with van der Waals surface area (Å²) in [5.41, 5.74) is 2.21. The minimum atomic E-state index is 0.0378. The van der Waals surface area contributed by atoms with E-state index in [1.54, 1.807) is 13.3 Å². The lowest BCUT2D eigenvalue weighted by molar-refractivity contribution is 0.172. The lowest BCUT2D eigenvalue weighted by Gasteiger charge is -2.31. The van der Waals surface area contributed by atoms with Crippen LogP contribution < -0.4 is 10.3 Å². The Morgan fingerprint density at radius 2 is 1.88 bits per heavy atom. The number of nitrogens with zero attached hydrogens (tertiary/aromatic N) is 1. The van der Waals surface area contributed by atoms with Crippen molar-refractivity contribution < 1.29 is 4.74 Å². The topological polar surface area (TPSA) is 45.3 Å². The van der Waals surface area contributed by atoms with Crippen LogP contribution in [-0.2, 0) is 13.0 Å². The lowest BCUT2D eigenvalue weighted by Crippen LogP contribution is -2.35. The second-order valence-electron chi connectivity index (χ2n) is 6.59. The first-order valence-electron chi connectivity index (χ1n) is 8.77. The van der Waals surface area contributed by atoms with Crippen molar-refractivity contribution in [1.82, 2.24) is 9.88 Å². The zero-order chi connectivity index (χ0) is 16.8. The van der Waals surface area contributed by atoms with Crippen molar-refractivity contribution in [2.75, 3.05) is 20.2 Å². The van der Waals surface area contributed by atoms with Crippen LogP contribution in [0.25, 0.3) is 0 Å². The first-order chi connectivity index (χ1) is 11.8. The average molecular weight is 326 g/mol. The SMILES string of the molecule is COc1ccccc1CCC1CCN(Cc2ccc[nH]c2=O)CC1. The number of rotatable bonds is 6. The number of aryl methyl sites for hydroxylation is 1. The molecule has 0 amide bonds. The monoisotopic (exact) mass is 326 g/mol. The Morgan fingerprint density at radius 1 is 1.12 bits per heavy atom. The van der Waals surface area contributed by atoms with Gasteiger partial charge in [-0.15, -0.1) is 0 Å². The largest absolute Gasteiger partial charge is 0.496 e. The average Bonchev–Trinajstić information content (AvgIpc) is 2.63. The van der Waals surface area contributed by atoms with Gasteiger partial charge in [-0.2, -0.15) is 0 Å². The Hall–Kier alpha value is -2.07. The van der Waals surface area contributed by atoms with E-state index in [9.17, 15) is 4.79 Å². The van der Waals surface area contributed by atoms with Gasteiger partial charge in [-0.1, -0.05) is 24.3 Å². The van der Waals surface area contributed by atoms with Gasteiger partial charge in [0.05, 0.1) is 7.11 Å². The molecule has 1 aromatic carbocycles. The van der Waals surface area contributed by atoms with Gasteiger partial charge in [-0.3, -0.25) is 9.69 Å². The van der Waals surface area contributed by atoms with Crippen LogP contribution in [0.5, 0.6) is 5.75 Å². The van der Waals surface area contributed by atoms with Crippen molar-refractivity contribution in [2.24, 2.45) is 5.92 Å². The molecule has 128 valence electrons. The summed E-state index contributed by atoms with van der Waals surface area (Å²) < 4.78 is 5.44. The van der Waals surface area contributed by atoms with E-state index >= 15 is 0 Å². The van der Waals surface area contributed by atoms with Crippen molar-refractivity contribution in [3.8, 4) is 5.75 Å². The zero-order valence-corrected chi connectivity index (χ0v) is 14.3. The van der Waals surface area contributed by atoms with Crippen LogP contribution >= 0.6 is 0 Å². The molecule has 4 heteroatoms. The fourth-order valence-corrected chi connectivity index (χ4v) is 3.52. The molecule has 1 N–H and O–H groups in total. The third-order valence-electron chi connectivity index (χ3n) is 5.02. The molecule has 2 heterocycles. The predicted octanol–water partition coefficient (Wildman–Crippen LogP) is 3.23. The van der Waals surface area contributed by atoms with Crippen molar-refractivity contribution >= 4 is 0 Å². The van der Waals surface area contributed by atoms with Gasteiger partial charge in [0, 0.05) is 18.3 Å². The van der Waals surface area contributed by atoms with E-state index in [1.807, 2.05) is 24.3 Å². The van der Waals surface area contributed by atoms with Crippen molar-refractivity contribution in [3.05, 3.63) is 64.1 Å². The maximum Gasteiger partial charge on any atom is 0.252 e. The Bertz CT molecular complexity index is 703. The van der Waals surface area contributed by atoms with Crippen molar-refractivity contribution in [2.45, 2.75) is 32.2 Å². The van der Waals surface area contributed by atoms with Crippen LogP contribution in [-0.4, -0.2) is 30.1 Å². The van der Waals surface area contributed by atoms with E-state index in [2.05, 4.69) is 22.0 Å². The van der Waals surface area contributed by atoms with E-state index in [-0.39, 0.29) is 5.56 Å². The Balaban J connectivity index is 1.47. The number of methoxy groups -OCH3 is 1. The van der Waals surface area contributed by atoms with E-state index in [1.165, 1.54) is 24.8 Å². The van der Waals surface area contributed by atoms with Crippen LogP contribution in [0, 0.1) is 5.92 Å². The molecular weight excluding hydrogens is 300 g/mol. The van der Waals surface area contributed by atoms with Crippen molar-refractivity contribution in [1.29, 1.82) is 0 Å². The molecule has 2 aromatic rings. The highest BCUT2D eigenvalue weighted by Crippen LogP contribution is 2.26. The number of benzene rings is 1. The third kappa shape index (κ3) is 4.26. The quantitative estimate of drug-likeness (QED) is 0.886. The summed E-state index contributed by atoms with van der Waals surface area (Å²) in [6.07, 6.45) is 6.39. The van der Waals surface area contributed by atoms with Gasteiger partial charge in [0.1, 0.15) is 5.75 Å². The summed E-state index contributed by atoms with van der Waals surface area (Å²) in [5, 5.41) is 0. The van der Waals surface area contributed by atoms with E-state index in [4.69, 9.17) is 4.74 Å². The first kappa shape index (κ1) is 16.8. The van der Waals surface area contributed by atoms with Crippen molar-refractivity contribution in [3.63, 3.8) is 0 Å². The van der Waals surface area contributed by atoms with Gasteiger partial charge in [0.25, 0.3) is 5.56 Å². The summed E-state index contributed by atoms with van der Waals surface area (Å²) in [5.74, 6) is 1.76. The molecule has 0 unspecified atom stereocenters.